The molecule has 1 amide bonds. The van der Waals surface area contributed by atoms with Crippen LogP contribution in [0.1, 0.15) is 45.4 Å². The van der Waals surface area contributed by atoms with E-state index in [-0.39, 0.29) is 5.91 Å². The SMILES string of the molecule is CCc1cccc(NC(=NCc2c(C)nn(C)c2C)NC(=O)c2ccccc2C)c1. The van der Waals surface area contributed by atoms with E-state index in [2.05, 4.69) is 34.8 Å². The first-order valence-electron chi connectivity index (χ1n) is 10.2. The molecule has 2 aromatic carbocycles. The van der Waals surface area contributed by atoms with Gasteiger partial charge in [-0.1, -0.05) is 37.3 Å². The molecule has 3 aromatic rings. The average molecular weight is 404 g/mol. The molecule has 0 spiro atoms. The summed E-state index contributed by atoms with van der Waals surface area (Å²) in [4.78, 5) is 17.6. The zero-order valence-electron chi connectivity index (χ0n) is 18.3. The van der Waals surface area contributed by atoms with Crippen LogP contribution >= 0.6 is 0 Å². The number of aryl methyl sites for hydroxylation is 4. The van der Waals surface area contributed by atoms with E-state index >= 15 is 0 Å². The lowest BCUT2D eigenvalue weighted by molar-refractivity contribution is 0.0976. The molecule has 0 fully saturated rings. The van der Waals surface area contributed by atoms with Gasteiger partial charge >= 0.3 is 0 Å². The highest BCUT2D eigenvalue weighted by atomic mass is 16.1. The highest BCUT2D eigenvalue weighted by Gasteiger charge is 2.13. The van der Waals surface area contributed by atoms with Crippen LogP contribution < -0.4 is 10.6 Å². The quantitative estimate of drug-likeness (QED) is 0.493. The summed E-state index contributed by atoms with van der Waals surface area (Å²) in [6, 6.07) is 15.6. The van der Waals surface area contributed by atoms with E-state index in [1.807, 2.05) is 68.9 Å². The Morgan fingerprint density at radius 1 is 1.10 bits per heavy atom. The van der Waals surface area contributed by atoms with Gasteiger partial charge < -0.3 is 5.32 Å². The molecule has 2 N–H and O–H groups in total. The van der Waals surface area contributed by atoms with Crippen molar-refractivity contribution in [3.63, 3.8) is 0 Å². The number of amides is 1. The van der Waals surface area contributed by atoms with Gasteiger partial charge in [0, 0.05) is 29.6 Å². The second-order valence-electron chi connectivity index (χ2n) is 7.39. The van der Waals surface area contributed by atoms with Crippen LogP contribution in [-0.4, -0.2) is 21.6 Å². The highest BCUT2D eigenvalue weighted by Crippen LogP contribution is 2.15. The first-order chi connectivity index (χ1) is 14.4. The molecule has 0 atom stereocenters. The van der Waals surface area contributed by atoms with Gasteiger partial charge in [0.25, 0.3) is 5.91 Å². The van der Waals surface area contributed by atoms with Crippen molar-refractivity contribution in [3.05, 3.63) is 82.2 Å². The molecule has 1 heterocycles. The molecule has 1 aromatic heterocycles. The number of benzene rings is 2. The van der Waals surface area contributed by atoms with Crippen LogP contribution in [0, 0.1) is 20.8 Å². The van der Waals surface area contributed by atoms with Crippen LogP contribution in [-0.2, 0) is 20.0 Å². The number of hydrogen-bond acceptors (Lipinski definition) is 3. The van der Waals surface area contributed by atoms with Crippen molar-refractivity contribution in [1.82, 2.24) is 15.1 Å². The molecule has 0 radical (unpaired) electrons. The van der Waals surface area contributed by atoms with Crippen LogP contribution in [0.15, 0.2) is 53.5 Å². The number of nitrogens with one attached hydrogen (secondary N) is 2. The Balaban J connectivity index is 1.89. The highest BCUT2D eigenvalue weighted by molar-refractivity contribution is 6.10. The monoisotopic (exact) mass is 403 g/mol. The van der Waals surface area contributed by atoms with E-state index in [1.165, 1.54) is 5.56 Å². The summed E-state index contributed by atoms with van der Waals surface area (Å²) in [6.45, 7) is 8.46. The molecule has 0 aliphatic heterocycles. The first kappa shape index (κ1) is 21.3. The molecular formula is C24H29N5O. The zero-order chi connectivity index (χ0) is 21.7. The predicted octanol–water partition coefficient (Wildman–Crippen LogP) is 4.31. The lowest BCUT2D eigenvalue weighted by atomic mass is 10.1. The maximum atomic E-state index is 12.9. The van der Waals surface area contributed by atoms with Crippen molar-refractivity contribution >= 4 is 17.6 Å². The minimum Gasteiger partial charge on any atom is -0.326 e. The van der Waals surface area contributed by atoms with E-state index in [1.54, 1.807) is 0 Å². The molecule has 3 rings (SSSR count). The Morgan fingerprint density at radius 3 is 2.53 bits per heavy atom. The Morgan fingerprint density at radius 2 is 1.87 bits per heavy atom. The number of nitrogens with zero attached hydrogens (tertiary/aromatic N) is 3. The summed E-state index contributed by atoms with van der Waals surface area (Å²) in [7, 11) is 1.92. The molecular weight excluding hydrogens is 374 g/mol. The molecule has 0 saturated heterocycles. The molecule has 6 nitrogen and oxygen atoms in total. The van der Waals surface area contributed by atoms with Crippen molar-refractivity contribution in [2.24, 2.45) is 12.0 Å². The van der Waals surface area contributed by atoms with Crippen molar-refractivity contribution in [3.8, 4) is 0 Å². The van der Waals surface area contributed by atoms with Gasteiger partial charge in [-0.25, -0.2) is 4.99 Å². The Kier molecular flexibility index (Phi) is 6.67. The maximum Gasteiger partial charge on any atom is 0.258 e. The fourth-order valence-corrected chi connectivity index (χ4v) is 3.32. The Hall–Kier alpha value is -3.41. The van der Waals surface area contributed by atoms with Gasteiger partial charge in [-0.2, -0.15) is 5.10 Å². The first-order valence-corrected chi connectivity index (χ1v) is 10.2. The van der Waals surface area contributed by atoms with Gasteiger partial charge in [-0.05, 0) is 56.5 Å². The molecule has 0 aliphatic carbocycles. The molecule has 0 bridgehead atoms. The van der Waals surface area contributed by atoms with Crippen LogP contribution in [0.4, 0.5) is 5.69 Å². The molecule has 0 saturated carbocycles. The topological polar surface area (TPSA) is 71.3 Å². The third kappa shape index (κ3) is 4.95. The average Bonchev–Trinajstić information content (AvgIpc) is 2.97. The van der Waals surface area contributed by atoms with Gasteiger partial charge in [0.05, 0.1) is 12.2 Å². The fourth-order valence-electron chi connectivity index (χ4n) is 3.32. The number of carbonyl (C=O) groups is 1. The fraction of sp³-hybridized carbons (Fsp3) is 0.292. The zero-order valence-corrected chi connectivity index (χ0v) is 18.3. The normalized spacial score (nSPS) is 11.4. The number of aromatic nitrogens is 2. The number of guanidine groups is 1. The molecule has 156 valence electrons. The standard InChI is InChI=1S/C24H29N5O/c1-6-19-11-9-12-20(14-19)26-24(25-15-22-17(3)28-29(5)18(22)4)27-23(30)21-13-8-7-10-16(21)2/h7-14H,6,15H2,1-5H3,(H2,25,26,27,30). The summed E-state index contributed by atoms with van der Waals surface area (Å²) in [5.74, 6) is 0.227. The van der Waals surface area contributed by atoms with Gasteiger partial charge in [-0.15, -0.1) is 0 Å². The number of aliphatic imine (C=N–C) groups is 1. The van der Waals surface area contributed by atoms with Gasteiger partial charge in [0.15, 0.2) is 0 Å². The smallest absolute Gasteiger partial charge is 0.258 e. The van der Waals surface area contributed by atoms with Crippen LogP contribution in [0.25, 0.3) is 0 Å². The van der Waals surface area contributed by atoms with Gasteiger partial charge in [0.1, 0.15) is 0 Å². The number of rotatable bonds is 5. The molecule has 30 heavy (non-hydrogen) atoms. The van der Waals surface area contributed by atoms with E-state index in [9.17, 15) is 4.79 Å². The summed E-state index contributed by atoms with van der Waals surface area (Å²) in [5.41, 5.74) is 6.71. The van der Waals surface area contributed by atoms with E-state index < -0.39 is 0 Å². The van der Waals surface area contributed by atoms with E-state index in [0.717, 1.165) is 34.6 Å². The number of hydrogen-bond donors (Lipinski definition) is 2. The van der Waals surface area contributed by atoms with Gasteiger partial charge in [0.2, 0.25) is 5.96 Å². The number of carbonyl (C=O) groups excluding carboxylic acids is 1. The van der Waals surface area contributed by atoms with Crippen molar-refractivity contribution in [2.75, 3.05) is 5.32 Å². The van der Waals surface area contributed by atoms with E-state index in [0.29, 0.717) is 18.1 Å². The summed E-state index contributed by atoms with van der Waals surface area (Å²) < 4.78 is 1.85. The van der Waals surface area contributed by atoms with Gasteiger partial charge in [-0.3, -0.25) is 14.8 Å². The molecule has 0 unspecified atom stereocenters. The maximum absolute atomic E-state index is 12.9. The van der Waals surface area contributed by atoms with Crippen molar-refractivity contribution in [1.29, 1.82) is 0 Å². The molecule has 0 aliphatic rings. The Bertz CT molecular complexity index is 1080. The van der Waals surface area contributed by atoms with Crippen molar-refractivity contribution < 1.29 is 4.79 Å². The summed E-state index contributed by atoms with van der Waals surface area (Å²) in [5, 5.41) is 10.7. The molecule has 6 heteroatoms. The largest absolute Gasteiger partial charge is 0.326 e. The second kappa shape index (κ2) is 9.39. The summed E-state index contributed by atoms with van der Waals surface area (Å²) in [6.07, 6.45) is 0.936. The third-order valence-corrected chi connectivity index (χ3v) is 5.27. The minimum absolute atomic E-state index is 0.189. The van der Waals surface area contributed by atoms with Crippen molar-refractivity contribution in [2.45, 2.75) is 40.7 Å². The predicted molar refractivity (Wildman–Crippen MR) is 122 cm³/mol. The van der Waals surface area contributed by atoms with Crippen LogP contribution in [0.3, 0.4) is 0 Å². The Labute approximate surface area is 178 Å². The lowest BCUT2D eigenvalue weighted by Gasteiger charge is -2.13. The van der Waals surface area contributed by atoms with Crippen LogP contribution in [0.5, 0.6) is 0 Å². The lowest BCUT2D eigenvalue weighted by Crippen LogP contribution is -2.36. The minimum atomic E-state index is -0.189. The van der Waals surface area contributed by atoms with Crippen LogP contribution in [0.2, 0.25) is 0 Å². The van der Waals surface area contributed by atoms with E-state index in [4.69, 9.17) is 4.99 Å². The third-order valence-electron chi connectivity index (χ3n) is 5.27. The second-order valence-corrected chi connectivity index (χ2v) is 7.39. The summed E-state index contributed by atoms with van der Waals surface area (Å²) >= 11 is 0. The number of anilines is 1.